The van der Waals surface area contributed by atoms with Crippen molar-refractivity contribution in [3.63, 3.8) is 0 Å². The molecule has 0 amide bonds. The molecule has 0 bridgehead atoms. The quantitative estimate of drug-likeness (QED) is 0.215. The first kappa shape index (κ1) is 23.7. The molecule has 1 N–H and O–H groups in total. The number of benzene rings is 2. The highest BCUT2D eigenvalue weighted by molar-refractivity contribution is 5.91. The number of rotatable bonds is 11. The zero-order valence-corrected chi connectivity index (χ0v) is 18.6. The van der Waals surface area contributed by atoms with Gasteiger partial charge in [-0.25, -0.2) is 4.79 Å². The third kappa shape index (κ3) is 7.31. The molecule has 6 nitrogen and oxygen atoms in total. The predicted molar refractivity (Wildman–Crippen MR) is 122 cm³/mol. The molecule has 0 heterocycles. The van der Waals surface area contributed by atoms with Crippen LogP contribution in [-0.4, -0.2) is 30.1 Å². The Morgan fingerprint density at radius 3 is 2.28 bits per heavy atom. The summed E-state index contributed by atoms with van der Waals surface area (Å²) in [4.78, 5) is 12.4. The highest BCUT2D eigenvalue weighted by Gasteiger charge is 2.20. The van der Waals surface area contributed by atoms with E-state index in [1.807, 2.05) is 6.92 Å². The Balaban J connectivity index is 1.48. The maximum atomic E-state index is 12.4. The summed E-state index contributed by atoms with van der Waals surface area (Å²) in [6.07, 6.45) is 6.12. The Morgan fingerprint density at radius 1 is 1.03 bits per heavy atom. The standard InChI is InChI=1S/C26H32O6/c1-3-5-25(29-4-2)31-23-12-8-20(9-13-23)26(28)32-24-16-14-22(15-17-24)30-18-19-6-10-21(27)11-7-19/h4,8-9,12-17,19,21,25,27H,2-3,5-7,10-11,18H2,1H3. The first-order valence-corrected chi connectivity index (χ1v) is 11.2. The molecule has 0 radical (unpaired) electrons. The first-order valence-electron chi connectivity index (χ1n) is 11.2. The second-order valence-corrected chi connectivity index (χ2v) is 8.01. The normalized spacial score (nSPS) is 18.9. The minimum atomic E-state index is -0.446. The number of hydrogen-bond donors (Lipinski definition) is 1. The Labute approximate surface area is 189 Å². The van der Waals surface area contributed by atoms with Gasteiger partial charge >= 0.3 is 5.97 Å². The minimum Gasteiger partial charge on any atom is -0.493 e. The largest absolute Gasteiger partial charge is 0.493 e. The summed E-state index contributed by atoms with van der Waals surface area (Å²) in [5.41, 5.74) is 0.425. The van der Waals surface area contributed by atoms with Crippen LogP contribution < -0.4 is 14.2 Å². The van der Waals surface area contributed by atoms with Crippen molar-refractivity contribution in [3.8, 4) is 17.2 Å². The van der Waals surface area contributed by atoms with Crippen LogP contribution in [0.3, 0.4) is 0 Å². The lowest BCUT2D eigenvalue weighted by molar-refractivity contribution is -0.0348. The molecule has 2 aromatic carbocycles. The van der Waals surface area contributed by atoms with Crippen LogP contribution >= 0.6 is 0 Å². The molecule has 2 aromatic rings. The average Bonchev–Trinajstić information content (AvgIpc) is 2.80. The second kappa shape index (κ2) is 12.2. The highest BCUT2D eigenvalue weighted by atomic mass is 16.7. The van der Waals surface area contributed by atoms with Gasteiger partial charge in [0.05, 0.1) is 24.5 Å². The van der Waals surface area contributed by atoms with Crippen LogP contribution in [0.1, 0.15) is 55.8 Å². The molecular weight excluding hydrogens is 408 g/mol. The van der Waals surface area contributed by atoms with Crippen LogP contribution in [0, 0.1) is 5.92 Å². The third-order valence-corrected chi connectivity index (χ3v) is 5.47. The smallest absolute Gasteiger partial charge is 0.343 e. The molecule has 1 aliphatic rings. The Morgan fingerprint density at radius 2 is 1.66 bits per heavy atom. The number of ether oxygens (including phenoxy) is 4. The van der Waals surface area contributed by atoms with Gasteiger partial charge in [-0.2, -0.15) is 0 Å². The molecule has 0 aromatic heterocycles. The van der Waals surface area contributed by atoms with Crippen LogP contribution in [0.2, 0.25) is 0 Å². The number of aliphatic hydroxyl groups is 1. The Hall–Kier alpha value is -2.99. The summed E-state index contributed by atoms with van der Waals surface area (Å²) < 4.78 is 22.4. The van der Waals surface area contributed by atoms with E-state index in [4.69, 9.17) is 18.9 Å². The third-order valence-electron chi connectivity index (χ3n) is 5.47. The topological polar surface area (TPSA) is 74.2 Å². The van der Waals surface area contributed by atoms with Gasteiger partial charge < -0.3 is 24.1 Å². The minimum absolute atomic E-state index is 0.159. The van der Waals surface area contributed by atoms with E-state index in [2.05, 4.69) is 6.58 Å². The molecule has 0 aliphatic heterocycles. The Bertz CT molecular complexity index is 838. The molecule has 1 saturated carbocycles. The van der Waals surface area contributed by atoms with Crippen molar-refractivity contribution in [1.29, 1.82) is 0 Å². The van der Waals surface area contributed by atoms with E-state index in [-0.39, 0.29) is 6.10 Å². The van der Waals surface area contributed by atoms with E-state index in [0.29, 0.717) is 29.6 Å². The van der Waals surface area contributed by atoms with Gasteiger partial charge in [-0.15, -0.1) is 0 Å². The molecule has 1 atom stereocenters. The second-order valence-electron chi connectivity index (χ2n) is 8.01. The molecule has 0 saturated heterocycles. The predicted octanol–water partition coefficient (Wildman–Crippen LogP) is 5.50. The van der Waals surface area contributed by atoms with Crippen molar-refractivity contribution < 1.29 is 28.8 Å². The number of hydrogen-bond acceptors (Lipinski definition) is 6. The zero-order valence-electron chi connectivity index (χ0n) is 18.6. The molecule has 1 aliphatic carbocycles. The van der Waals surface area contributed by atoms with Crippen molar-refractivity contribution in [3.05, 3.63) is 66.9 Å². The van der Waals surface area contributed by atoms with Gasteiger partial charge in [-0.3, -0.25) is 0 Å². The van der Waals surface area contributed by atoms with Crippen molar-refractivity contribution in [1.82, 2.24) is 0 Å². The van der Waals surface area contributed by atoms with E-state index < -0.39 is 12.3 Å². The van der Waals surface area contributed by atoms with Gasteiger partial charge in [0.25, 0.3) is 0 Å². The van der Waals surface area contributed by atoms with Crippen LogP contribution in [-0.2, 0) is 4.74 Å². The summed E-state index contributed by atoms with van der Waals surface area (Å²) in [5, 5.41) is 9.59. The first-order chi connectivity index (χ1) is 15.6. The summed E-state index contributed by atoms with van der Waals surface area (Å²) in [5.74, 6) is 1.82. The summed E-state index contributed by atoms with van der Waals surface area (Å²) in [6, 6.07) is 13.8. The lowest BCUT2D eigenvalue weighted by Gasteiger charge is -2.25. The molecule has 3 rings (SSSR count). The van der Waals surface area contributed by atoms with Crippen LogP contribution in [0.15, 0.2) is 61.4 Å². The van der Waals surface area contributed by atoms with Crippen molar-refractivity contribution in [2.24, 2.45) is 5.92 Å². The van der Waals surface area contributed by atoms with Crippen LogP contribution in [0.5, 0.6) is 17.2 Å². The molecular formula is C26H32O6. The van der Waals surface area contributed by atoms with Crippen LogP contribution in [0.25, 0.3) is 0 Å². The number of esters is 1. The average molecular weight is 441 g/mol. The van der Waals surface area contributed by atoms with E-state index in [9.17, 15) is 9.90 Å². The molecule has 1 fully saturated rings. The van der Waals surface area contributed by atoms with Crippen molar-refractivity contribution in [2.75, 3.05) is 6.61 Å². The van der Waals surface area contributed by atoms with E-state index in [1.165, 1.54) is 6.26 Å². The van der Waals surface area contributed by atoms with Crippen molar-refractivity contribution >= 4 is 5.97 Å². The van der Waals surface area contributed by atoms with Crippen LogP contribution in [0.4, 0.5) is 0 Å². The van der Waals surface area contributed by atoms with E-state index in [1.54, 1.807) is 48.5 Å². The maximum Gasteiger partial charge on any atom is 0.343 e. The molecule has 0 spiro atoms. The lowest BCUT2D eigenvalue weighted by atomic mass is 9.88. The molecule has 32 heavy (non-hydrogen) atoms. The van der Waals surface area contributed by atoms with Crippen molar-refractivity contribution in [2.45, 2.75) is 57.8 Å². The van der Waals surface area contributed by atoms with Gasteiger partial charge in [-0.05, 0) is 86.6 Å². The van der Waals surface area contributed by atoms with Gasteiger partial charge in [0.2, 0.25) is 6.29 Å². The van der Waals surface area contributed by atoms with Gasteiger partial charge in [0, 0.05) is 6.42 Å². The van der Waals surface area contributed by atoms with Gasteiger partial charge in [-0.1, -0.05) is 13.5 Å². The fraction of sp³-hybridized carbons (Fsp3) is 0.423. The van der Waals surface area contributed by atoms with Gasteiger partial charge in [0.15, 0.2) is 0 Å². The van der Waals surface area contributed by atoms with Gasteiger partial charge in [0.1, 0.15) is 17.2 Å². The highest BCUT2D eigenvalue weighted by Crippen LogP contribution is 2.26. The van der Waals surface area contributed by atoms with E-state index >= 15 is 0 Å². The SMILES string of the molecule is C=COC(CCC)Oc1ccc(C(=O)Oc2ccc(OCC3CCC(O)CC3)cc2)cc1. The van der Waals surface area contributed by atoms with E-state index in [0.717, 1.165) is 44.3 Å². The summed E-state index contributed by atoms with van der Waals surface area (Å²) in [7, 11) is 0. The fourth-order valence-corrected chi connectivity index (χ4v) is 3.61. The lowest BCUT2D eigenvalue weighted by Crippen LogP contribution is -2.22. The zero-order chi connectivity index (χ0) is 22.8. The number of carbonyl (C=O) groups excluding carboxylic acids is 1. The molecule has 1 unspecified atom stereocenters. The monoisotopic (exact) mass is 440 g/mol. The number of aliphatic hydroxyl groups excluding tert-OH is 1. The Kier molecular flexibility index (Phi) is 8.99. The number of carbonyl (C=O) groups is 1. The molecule has 6 heteroatoms. The maximum absolute atomic E-state index is 12.4. The fourth-order valence-electron chi connectivity index (χ4n) is 3.61. The molecule has 172 valence electrons. The summed E-state index contributed by atoms with van der Waals surface area (Å²) in [6.45, 7) is 6.24. The summed E-state index contributed by atoms with van der Waals surface area (Å²) >= 11 is 0.